The Balaban J connectivity index is 2.51. The summed E-state index contributed by atoms with van der Waals surface area (Å²) in [6.45, 7) is 1.66. The summed E-state index contributed by atoms with van der Waals surface area (Å²) in [7, 11) is 0. The quantitative estimate of drug-likeness (QED) is 0.586. The van der Waals surface area contributed by atoms with Crippen molar-refractivity contribution in [1.29, 1.82) is 0 Å². The molecule has 1 N–H and O–H groups in total. The summed E-state index contributed by atoms with van der Waals surface area (Å²) in [4.78, 5) is 26.2. The zero-order chi connectivity index (χ0) is 16.6. The molecular weight excluding hydrogens is 296 g/mol. The lowest BCUT2D eigenvalue weighted by Crippen LogP contribution is -2.07. The summed E-state index contributed by atoms with van der Waals surface area (Å²) in [5, 5.41) is 21.2. The van der Waals surface area contributed by atoms with E-state index in [-0.39, 0.29) is 16.9 Å². The van der Waals surface area contributed by atoms with E-state index in [1.807, 2.05) is 30.3 Å². The summed E-state index contributed by atoms with van der Waals surface area (Å²) in [5.74, 6) is -1.21. The summed E-state index contributed by atoms with van der Waals surface area (Å²) in [6.07, 6.45) is 0. The van der Waals surface area contributed by atoms with Crippen LogP contribution in [-0.4, -0.2) is 21.0 Å². The monoisotopic (exact) mass is 308 g/mol. The molecule has 0 saturated carbocycles. The number of nitro groups is 1. The van der Waals surface area contributed by atoms with Crippen LogP contribution in [0.4, 0.5) is 5.69 Å². The average Bonchev–Trinajstić information content (AvgIpc) is 2.54. The van der Waals surface area contributed by atoms with Gasteiger partial charge in [-0.1, -0.05) is 42.5 Å². The molecule has 0 bridgehead atoms. The Kier molecular flexibility index (Phi) is 3.50. The Labute approximate surface area is 131 Å². The first kappa shape index (κ1) is 14.6. The standard InChI is InChI=1S/C17H12N2O4/c1-10-14(11-6-3-2-4-7-11)12-8-5-9-13(19(22)23)16(12)18-15(10)17(20)21/h2-9H,1H3,(H,20,21). The van der Waals surface area contributed by atoms with E-state index in [0.717, 1.165) is 5.56 Å². The Morgan fingerprint density at radius 1 is 1.13 bits per heavy atom. The Morgan fingerprint density at radius 2 is 1.83 bits per heavy atom. The van der Waals surface area contributed by atoms with E-state index in [2.05, 4.69) is 4.98 Å². The van der Waals surface area contributed by atoms with Gasteiger partial charge < -0.3 is 5.11 Å². The number of non-ortho nitro benzene ring substituents is 1. The van der Waals surface area contributed by atoms with E-state index in [9.17, 15) is 20.0 Å². The van der Waals surface area contributed by atoms with Crippen molar-refractivity contribution in [2.45, 2.75) is 6.92 Å². The van der Waals surface area contributed by atoms with Crippen molar-refractivity contribution in [3.8, 4) is 11.1 Å². The molecule has 0 saturated heterocycles. The fourth-order valence-corrected chi connectivity index (χ4v) is 2.70. The second-order valence-electron chi connectivity index (χ2n) is 5.06. The van der Waals surface area contributed by atoms with Gasteiger partial charge in [0.2, 0.25) is 0 Å². The SMILES string of the molecule is Cc1c(C(=O)O)nc2c([N+](=O)[O-])cccc2c1-c1ccccc1. The minimum Gasteiger partial charge on any atom is -0.477 e. The number of aromatic carboxylic acids is 1. The molecule has 6 nitrogen and oxygen atoms in total. The van der Waals surface area contributed by atoms with E-state index < -0.39 is 10.9 Å². The molecule has 1 heterocycles. The summed E-state index contributed by atoms with van der Waals surface area (Å²) >= 11 is 0. The topological polar surface area (TPSA) is 93.3 Å². The molecule has 0 fully saturated rings. The molecule has 0 atom stereocenters. The number of para-hydroxylation sites is 1. The normalized spacial score (nSPS) is 10.7. The number of nitrogens with zero attached hydrogens (tertiary/aromatic N) is 2. The molecule has 0 aliphatic heterocycles. The van der Waals surface area contributed by atoms with Gasteiger partial charge in [0.15, 0.2) is 5.69 Å². The van der Waals surface area contributed by atoms with Gasteiger partial charge >= 0.3 is 5.97 Å². The molecule has 0 radical (unpaired) electrons. The van der Waals surface area contributed by atoms with E-state index in [1.165, 1.54) is 6.07 Å². The lowest BCUT2D eigenvalue weighted by Gasteiger charge is -2.13. The molecule has 0 aliphatic carbocycles. The average molecular weight is 308 g/mol. The second-order valence-corrected chi connectivity index (χ2v) is 5.06. The fraction of sp³-hybridized carbons (Fsp3) is 0.0588. The molecule has 3 aromatic rings. The van der Waals surface area contributed by atoms with Crippen LogP contribution >= 0.6 is 0 Å². The van der Waals surface area contributed by atoms with Crippen molar-refractivity contribution in [1.82, 2.24) is 4.98 Å². The number of hydrogen-bond acceptors (Lipinski definition) is 4. The van der Waals surface area contributed by atoms with Gasteiger partial charge in [0.1, 0.15) is 5.52 Å². The molecule has 1 aromatic heterocycles. The molecule has 3 rings (SSSR count). The lowest BCUT2D eigenvalue weighted by molar-refractivity contribution is -0.383. The lowest BCUT2D eigenvalue weighted by atomic mass is 9.94. The highest BCUT2D eigenvalue weighted by molar-refractivity contribution is 6.04. The van der Waals surface area contributed by atoms with Crippen molar-refractivity contribution in [2.24, 2.45) is 0 Å². The largest absolute Gasteiger partial charge is 0.477 e. The highest BCUT2D eigenvalue weighted by Crippen LogP contribution is 2.35. The second kappa shape index (κ2) is 5.49. The van der Waals surface area contributed by atoms with Crippen LogP contribution in [0.25, 0.3) is 22.0 Å². The van der Waals surface area contributed by atoms with Gasteiger partial charge in [0, 0.05) is 11.5 Å². The number of nitro benzene ring substituents is 1. The third-order valence-electron chi connectivity index (χ3n) is 3.70. The van der Waals surface area contributed by atoms with Gasteiger partial charge in [0.05, 0.1) is 4.92 Å². The molecule has 6 heteroatoms. The summed E-state index contributed by atoms with van der Waals surface area (Å²) < 4.78 is 0. The van der Waals surface area contributed by atoms with E-state index in [4.69, 9.17) is 0 Å². The number of fused-ring (bicyclic) bond motifs is 1. The summed E-state index contributed by atoms with van der Waals surface area (Å²) in [6, 6.07) is 13.8. The number of hydrogen-bond donors (Lipinski definition) is 1. The Hall–Kier alpha value is -3.28. The maximum atomic E-state index is 11.5. The maximum Gasteiger partial charge on any atom is 0.354 e. The van der Waals surface area contributed by atoms with Crippen molar-refractivity contribution in [3.63, 3.8) is 0 Å². The number of pyridine rings is 1. The molecule has 2 aromatic carbocycles. The van der Waals surface area contributed by atoms with Gasteiger partial charge in [-0.3, -0.25) is 10.1 Å². The van der Waals surface area contributed by atoms with E-state index >= 15 is 0 Å². The number of carbonyl (C=O) groups is 1. The Bertz CT molecular complexity index is 936. The van der Waals surface area contributed by atoms with Gasteiger partial charge in [-0.25, -0.2) is 9.78 Å². The number of aromatic nitrogens is 1. The molecule has 0 amide bonds. The van der Waals surface area contributed by atoms with E-state index in [0.29, 0.717) is 16.5 Å². The number of carboxylic acid groups (broad SMARTS) is 1. The van der Waals surface area contributed by atoms with Gasteiger partial charge in [-0.05, 0) is 23.6 Å². The Morgan fingerprint density at radius 3 is 2.43 bits per heavy atom. The first-order chi connectivity index (χ1) is 11.0. The third kappa shape index (κ3) is 2.40. The summed E-state index contributed by atoms with van der Waals surface area (Å²) in [5.41, 5.74) is 1.63. The van der Waals surface area contributed by atoms with Crippen LogP contribution in [0.3, 0.4) is 0 Å². The molecule has 0 aliphatic rings. The van der Waals surface area contributed by atoms with Crippen LogP contribution in [0.2, 0.25) is 0 Å². The van der Waals surface area contributed by atoms with Crippen LogP contribution in [0, 0.1) is 17.0 Å². The van der Waals surface area contributed by atoms with Gasteiger partial charge in [-0.15, -0.1) is 0 Å². The minimum atomic E-state index is -1.21. The molecule has 0 spiro atoms. The van der Waals surface area contributed by atoms with Crippen molar-refractivity contribution >= 4 is 22.6 Å². The van der Waals surface area contributed by atoms with Gasteiger partial charge in [0.25, 0.3) is 5.69 Å². The van der Waals surface area contributed by atoms with Gasteiger partial charge in [-0.2, -0.15) is 0 Å². The van der Waals surface area contributed by atoms with Crippen LogP contribution < -0.4 is 0 Å². The highest BCUT2D eigenvalue weighted by Gasteiger charge is 2.22. The molecule has 0 unspecified atom stereocenters. The first-order valence-electron chi connectivity index (χ1n) is 6.87. The smallest absolute Gasteiger partial charge is 0.354 e. The predicted octanol–water partition coefficient (Wildman–Crippen LogP) is 3.82. The number of carboxylic acids is 1. The first-order valence-corrected chi connectivity index (χ1v) is 6.87. The number of rotatable bonds is 3. The maximum absolute atomic E-state index is 11.5. The minimum absolute atomic E-state index is 0.0827. The van der Waals surface area contributed by atoms with Crippen LogP contribution in [-0.2, 0) is 0 Å². The van der Waals surface area contributed by atoms with Crippen molar-refractivity contribution < 1.29 is 14.8 Å². The zero-order valence-electron chi connectivity index (χ0n) is 12.2. The van der Waals surface area contributed by atoms with Crippen LogP contribution in [0.1, 0.15) is 16.1 Å². The van der Waals surface area contributed by atoms with Crippen molar-refractivity contribution in [2.75, 3.05) is 0 Å². The van der Waals surface area contributed by atoms with E-state index in [1.54, 1.807) is 19.1 Å². The highest BCUT2D eigenvalue weighted by atomic mass is 16.6. The predicted molar refractivity (Wildman–Crippen MR) is 85.5 cm³/mol. The van der Waals surface area contributed by atoms with Crippen molar-refractivity contribution in [3.05, 3.63) is 69.9 Å². The molecular formula is C17H12N2O4. The van der Waals surface area contributed by atoms with Crippen LogP contribution in [0.5, 0.6) is 0 Å². The molecule has 23 heavy (non-hydrogen) atoms. The zero-order valence-corrected chi connectivity index (χ0v) is 12.2. The third-order valence-corrected chi connectivity index (χ3v) is 3.70. The number of benzene rings is 2. The molecule has 114 valence electrons. The van der Waals surface area contributed by atoms with Crippen LogP contribution in [0.15, 0.2) is 48.5 Å². The fourth-order valence-electron chi connectivity index (χ4n) is 2.70.